The van der Waals surface area contributed by atoms with Crippen LogP contribution in [-0.4, -0.2) is 20.2 Å². The van der Waals surface area contributed by atoms with E-state index in [4.69, 9.17) is 4.42 Å². The standard InChI is InChI=1S/C15H10N4OS2/c1-9-4-2-3-5-10(9)12-18-19-15(20-12)22-14-11-6-7-21-13(11)16-8-17-14/h2-8H,1H3. The summed E-state index contributed by atoms with van der Waals surface area (Å²) in [6.45, 7) is 2.02. The molecule has 0 saturated heterocycles. The predicted molar refractivity (Wildman–Crippen MR) is 86.0 cm³/mol. The molecule has 0 radical (unpaired) electrons. The number of hydrogen-bond donors (Lipinski definition) is 0. The SMILES string of the molecule is Cc1ccccc1-c1nnc(Sc2ncnc3sccc23)o1. The maximum atomic E-state index is 5.76. The third-order valence-electron chi connectivity index (χ3n) is 3.19. The number of aromatic nitrogens is 4. The monoisotopic (exact) mass is 326 g/mol. The minimum absolute atomic E-state index is 0.476. The first-order valence-corrected chi connectivity index (χ1v) is 8.26. The van der Waals surface area contributed by atoms with Gasteiger partial charge in [-0.3, -0.25) is 0 Å². The van der Waals surface area contributed by atoms with Crippen LogP contribution in [0.1, 0.15) is 5.56 Å². The fourth-order valence-electron chi connectivity index (χ4n) is 2.10. The molecule has 4 aromatic rings. The summed E-state index contributed by atoms with van der Waals surface area (Å²) in [4.78, 5) is 9.49. The Morgan fingerprint density at radius 3 is 2.91 bits per heavy atom. The average molecular weight is 326 g/mol. The first kappa shape index (κ1) is 13.4. The van der Waals surface area contributed by atoms with Gasteiger partial charge in [0.2, 0.25) is 5.89 Å². The molecule has 0 saturated carbocycles. The highest BCUT2D eigenvalue weighted by molar-refractivity contribution is 7.99. The summed E-state index contributed by atoms with van der Waals surface area (Å²) >= 11 is 2.94. The predicted octanol–water partition coefficient (Wildman–Crippen LogP) is 4.20. The molecule has 4 rings (SSSR count). The Kier molecular flexibility index (Phi) is 3.36. The molecule has 0 aliphatic heterocycles. The van der Waals surface area contributed by atoms with Gasteiger partial charge in [-0.15, -0.1) is 21.5 Å². The molecule has 0 unspecified atom stereocenters. The largest absolute Gasteiger partial charge is 0.411 e. The molecule has 108 valence electrons. The van der Waals surface area contributed by atoms with E-state index < -0.39 is 0 Å². The van der Waals surface area contributed by atoms with Gasteiger partial charge in [-0.1, -0.05) is 18.2 Å². The Hall–Kier alpha value is -2.25. The number of benzene rings is 1. The third-order valence-corrected chi connectivity index (χ3v) is 4.87. The van der Waals surface area contributed by atoms with Crippen LogP contribution in [0.5, 0.6) is 0 Å². The first-order chi connectivity index (χ1) is 10.8. The van der Waals surface area contributed by atoms with Gasteiger partial charge in [0.05, 0.1) is 0 Å². The van der Waals surface area contributed by atoms with Crippen molar-refractivity contribution in [1.29, 1.82) is 0 Å². The first-order valence-electron chi connectivity index (χ1n) is 6.57. The smallest absolute Gasteiger partial charge is 0.283 e. The van der Waals surface area contributed by atoms with Crippen LogP contribution in [0.3, 0.4) is 0 Å². The van der Waals surface area contributed by atoms with Gasteiger partial charge in [-0.2, -0.15) is 0 Å². The molecule has 5 nitrogen and oxygen atoms in total. The highest BCUT2D eigenvalue weighted by atomic mass is 32.2. The van der Waals surface area contributed by atoms with E-state index in [-0.39, 0.29) is 0 Å². The lowest BCUT2D eigenvalue weighted by molar-refractivity contribution is 0.465. The number of rotatable bonds is 3. The summed E-state index contributed by atoms with van der Waals surface area (Å²) in [6.07, 6.45) is 1.56. The molecule has 3 heterocycles. The van der Waals surface area contributed by atoms with Crippen LogP contribution in [0.15, 0.2) is 56.7 Å². The van der Waals surface area contributed by atoms with Crippen molar-refractivity contribution in [2.75, 3.05) is 0 Å². The van der Waals surface area contributed by atoms with Crippen LogP contribution in [0.25, 0.3) is 21.7 Å². The quantitative estimate of drug-likeness (QED) is 0.526. The lowest BCUT2D eigenvalue weighted by Gasteiger charge is -1.99. The normalized spacial score (nSPS) is 11.1. The minimum atomic E-state index is 0.476. The third kappa shape index (κ3) is 2.38. The summed E-state index contributed by atoms with van der Waals surface area (Å²) in [5, 5.41) is 12.5. The Morgan fingerprint density at radius 1 is 1.09 bits per heavy atom. The Morgan fingerprint density at radius 2 is 2.00 bits per heavy atom. The number of fused-ring (bicyclic) bond motifs is 1. The van der Waals surface area contributed by atoms with Gasteiger partial charge in [0, 0.05) is 10.9 Å². The molecule has 0 spiro atoms. The Balaban J connectivity index is 1.68. The van der Waals surface area contributed by atoms with E-state index in [1.165, 1.54) is 11.8 Å². The van der Waals surface area contributed by atoms with Gasteiger partial charge in [-0.05, 0) is 41.8 Å². The van der Waals surface area contributed by atoms with Crippen molar-refractivity contribution in [2.24, 2.45) is 0 Å². The molecule has 0 bridgehead atoms. The lowest BCUT2D eigenvalue weighted by atomic mass is 10.1. The fourth-order valence-corrected chi connectivity index (χ4v) is 3.64. The molecule has 0 atom stereocenters. The van der Waals surface area contributed by atoms with Gasteiger partial charge >= 0.3 is 0 Å². The summed E-state index contributed by atoms with van der Waals surface area (Å²) in [5.41, 5.74) is 2.05. The molecule has 0 fully saturated rings. The second-order valence-electron chi connectivity index (χ2n) is 4.61. The number of hydrogen-bond acceptors (Lipinski definition) is 7. The van der Waals surface area contributed by atoms with Crippen LogP contribution >= 0.6 is 23.1 Å². The summed E-state index contributed by atoms with van der Waals surface area (Å²) in [7, 11) is 0. The summed E-state index contributed by atoms with van der Waals surface area (Å²) in [5.74, 6) is 0.524. The van der Waals surface area contributed by atoms with E-state index in [2.05, 4.69) is 20.2 Å². The summed E-state index contributed by atoms with van der Waals surface area (Å²) < 4.78 is 5.76. The van der Waals surface area contributed by atoms with Crippen molar-refractivity contribution in [3.8, 4) is 11.5 Å². The molecular weight excluding hydrogens is 316 g/mol. The zero-order valence-corrected chi connectivity index (χ0v) is 13.2. The van der Waals surface area contributed by atoms with Crippen molar-refractivity contribution in [1.82, 2.24) is 20.2 Å². The van der Waals surface area contributed by atoms with E-state index in [1.807, 2.05) is 42.6 Å². The number of aryl methyl sites for hydroxylation is 1. The molecule has 22 heavy (non-hydrogen) atoms. The maximum absolute atomic E-state index is 5.76. The van der Waals surface area contributed by atoms with Crippen LogP contribution in [0.2, 0.25) is 0 Å². The van der Waals surface area contributed by atoms with Gasteiger partial charge in [0.15, 0.2) is 0 Å². The minimum Gasteiger partial charge on any atom is -0.411 e. The molecule has 0 aliphatic carbocycles. The molecule has 3 aromatic heterocycles. The average Bonchev–Trinajstić information content (AvgIpc) is 3.17. The molecule has 7 heteroatoms. The highest BCUT2D eigenvalue weighted by Crippen LogP contribution is 2.33. The van der Waals surface area contributed by atoms with E-state index in [0.29, 0.717) is 11.1 Å². The van der Waals surface area contributed by atoms with Gasteiger partial charge in [0.25, 0.3) is 5.22 Å². The van der Waals surface area contributed by atoms with Crippen molar-refractivity contribution >= 4 is 33.3 Å². The van der Waals surface area contributed by atoms with Crippen molar-refractivity contribution in [2.45, 2.75) is 17.2 Å². The van der Waals surface area contributed by atoms with Gasteiger partial charge < -0.3 is 4.42 Å². The molecule has 0 N–H and O–H groups in total. The molecule has 0 aliphatic rings. The van der Waals surface area contributed by atoms with Crippen molar-refractivity contribution in [3.63, 3.8) is 0 Å². The van der Waals surface area contributed by atoms with Crippen molar-refractivity contribution in [3.05, 3.63) is 47.6 Å². The van der Waals surface area contributed by atoms with E-state index in [0.717, 1.165) is 26.4 Å². The molecule has 1 aromatic carbocycles. The topological polar surface area (TPSA) is 64.7 Å². The fraction of sp³-hybridized carbons (Fsp3) is 0.0667. The maximum Gasteiger partial charge on any atom is 0.283 e. The molecular formula is C15H10N4OS2. The second-order valence-corrected chi connectivity index (χ2v) is 6.44. The number of thiophene rings is 1. The lowest BCUT2D eigenvalue weighted by Crippen LogP contribution is -1.83. The van der Waals surface area contributed by atoms with Crippen LogP contribution in [-0.2, 0) is 0 Å². The van der Waals surface area contributed by atoms with Crippen LogP contribution in [0.4, 0.5) is 0 Å². The second kappa shape index (κ2) is 5.51. The molecule has 0 amide bonds. The van der Waals surface area contributed by atoms with Gasteiger partial charge in [0.1, 0.15) is 16.2 Å². The summed E-state index contributed by atoms with van der Waals surface area (Å²) in [6, 6.07) is 9.93. The van der Waals surface area contributed by atoms with Gasteiger partial charge in [-0.25, -0.2) is 9.97 Å². The van der Waals surface area contributed by atoms with Crippen LogP contribution < -0.4 is 0 Å². The zero-order valence-electron chi connectivity index (χ0n) is 11.6. The Bertz CT molecular complexity index is 947. The van der Waals surface area contributed by atoms with Crippen molar-refractivity contribution < 1.29 is 4.42 Å². The number of nitrogens with zero attached hydrogens (tertiary/aromatic N) is 4. The van der Waals surface area contributed by atoms with E-state index in [1.54, 1.807) is 17.7 Å². The van der Waals surface area contributed by atoms with E-state index >= 15 is 0 Å². The highest BCUT2D eigenvalue weighted by Gasteiger charge is 2.14. The zero-order chi connectivity index (χ0) is 14.9. The van der Waals surface area contributed by atoms with Crippen LogP contribution in [0, 0.1) is 6.92 Å². The van der Waals surface area contributed by atoms with E-state index in [9.17, 15) is 0 Å². The Labute approximate surface area is 134 Å².